The van der Waals surface area contributed by atoms with E-state index >= 15 is 0 Å². The van der Waals surface area contributed by atoms with Gasteiger partial charge in [0.15, 0.2) is 0 Å². The molecule has 0 heterocycles. The molecule has 16 heavy (non-hydrogen) atoms. The maximum absolute atomic E-state index is 11.6. The van der Waals surface area contributed by atoms with Crippen LogP contribution in [-0.2, 0) is 4.79 Å². The third-order valence-corrected chi connectivity index (χ3v) is 2.79. The molecule has 94 valence electrons. The molecule has 0 aliphatic heterocycles. The molecule has 0 aliphatic rings. The lowest BCUT2D eigenvalue weighted by atomic mass is 10.2. The molecule has 1 unspecified atom stereocenters. The Morgan fingerprint density at radius 1 is 1.38 bits per heavy atom. The van der Waals surface area contributed by atoms with Crippen LogP contribution in [-0.4, -0.2) is 53.1 Å². The van der Waals surface area contributed by atoms with Crippen LogP contribution in [0.1, 0.15) is 12.8 Å². The predicted octanol–water partition coefficient (Wildman–Crippen LogP) is 0.721. The quantitative estimate of drug-likeness (QED) is 0.405. The summed E-state index contributed by atoms with van der Waals surface area (Å²) in [6.07, 6.45) is 0.624. The fourth-order valence-corrected chi connectivity index (χ4v) is 1.72. The Morgan fingerprint density at radius 3 is 2.44 bits per heavy atom. The lowest BCUT2D eigenvalue weighted by Gasteiger charge is -2.23. The molecule has 0 fully saturated rings. The second kappa shape index (κ2) is 8.58. The van der Waals surface area contributed by atoms with Crippen molar-refractivity contribution in [1.82, 2.24) is 10.2 Å². The summed E-state index contributed by atoms with van der Waals surface area (Å²) in [6, 6.07) is -0.739. The van der Waals surface area contributed by atoms with Crippen molar-refractivity contribution in [3.8, 4) is 0 Å². The van der Waals surface area contributed by atoms with Gasteiger partial charge in [-0.15, -0.1) is 0 Å². The Kier molecular flexibility index (Phi) is 8.28. The average Bonchev–Trinajstić information content (AvgIpc) is 2.25. The fraction of sp³-hybridized carbons (Fsp3) is 0.778. The zero-order valence-corrected chi connectivity index (χ0v) is 11.0. The van der Waals surface area contributed by atoms with Crippen molar-refractivity contribution in [2.45, 2.75) is 18.9 Å². The first-order chi connectivity index (χ1) is 7.54. The molecule has 0 aromatic rings. The maximum atomic E-state index is 11.6. The molecular formula is C9H18N2O3S2. The number of rotatable bonds is 7. The molecule has 0 saturated heterocycles. The molecule has 0 aliphatic carbocycles. The molecule has 7 heteroatoms. The van der Waals surface area contributed by atoms with E-state index in [-0.39, 0.29) is 11.7 Å². The van der Waals surface area contributed by atoms with E-state index in [0.29, 0.717) is 6.54 Å². The highest BCUT2D eigenvalue weighted by atomic mass is 32.1. The number of unbranched alkanes of at least 4 members (excludes halogenated alkanes) is 1. The monoisotopic (exact) mass is 266 g/mol. The van der Waals surface area contributed by atoms with Crippen molar-refractivity contribution >= 4 is 37.3 Å². The Labute approximate surface area is 106 Å². The van der Waals surface area contributed by atoms with E-state index < -0.39 is 12.1 Å². The van der Waals surface area contributed by atoms with Crippen LogP contribution < -0.4 is 5.32 Å². The summed E-state index contributed by atoms with van der Waals surface area (Å²) in [6.45, 7) is 0.539. The molecule has 0 aromatic carbocycles. The number of carboxylic acid groups (broad SMARTS) is 1. The second-order valence-corrected chi connectivity index (χ2v) is 4.13. The Balaban J connectivity index is 4.06. The van der Waals surface area contributed by atoms with Gasteiger partial charge in [0.2, 0.25) is 5.91 Å². The van der Waals surface area contributed by atoms with Gasteiger partial charge in [-0.25, -0.2) is 4.79 Å². The zero-order chi connectivity index (χ0) is 12.6. The van der Waals surface area contributed by atoms with Crippen LogP contribution in [0.2, 0.25) is 0 Å². The van der Waals surface area contributed by atoms with Crippen LogP contribution in [0.5, 0.6) is 0 Å². The molecule has 0 spiro atoms. The third kappa shape index (κ3) is 5.50. The van der Waals surface area contributed by atoms with Gasteiger partial charge < -0.3 is 10.4 Å². The highest BCUT2D eigenvalue weighted by Gasteiger charge is 2.24. The van der Waals surface area contributed by atoms with Crippen LogP contribution in [0, 0.1) is 0 Å². The number of hydrogen-bond donors (Lipinski definition) is 4. The molecule has 0 bridgehead atoms. The molecule has 1 atom stereocenters. The van der Waals surface area contributed by atoms with Crippen LogP contribution in [0.15, 0.2) is 0 Å². The summed E-state index contributed by atoms with van der Waals surface area (Å²) >= 11 is 8.03. The number of hydrogen-bond acceptors (Lipinski definition) is 4. The van der Waals surface area contributed by atoms with Gasteiger partial charge in [-0.1, -0.05) is 0 Å². The van der Waals surface area contributed by atoms with Crippen molar-refractivity contribution in [2.75, 3.05) is 25.1 Å². The molecule has 0 rings (SSSR count). The number of nitrogens with zero attached hydrogens (tertiary/aromatic N) is 1. The average molecular weight is 266 g/mol. The SMILES string of the molecule is CN(C(=O)O)C(CS)C(=O)NCCCCS. The lowest BCUT2D eigenvalue weighted by molar-refractivity contribution is -0.124. The highest BCUT2D eigenvalue weighted by Crippen LogP contribution is 2.00. The summed E-state index contributed by atoms with van der Waals surface area (Å²) in [4.78, 5) is 23.2. The largest absolute Gasteiger partial charge is 0.465 e. The highest BCUT2D eigenvalue weighted by molar-refractivity contribution is 7.80. The van der Waals surface area contributed by atoms with Gasteiger partial charge in [0, 0.05) is 19.3 Å². The van der Waals surface area contributed by atoms with Crippen LogP contribution in [0.25, 0.3) is 0 Å². The molecule has 0 radical (unpaired) electrons. The standard InChI is InChI=1S/C9H18N2O3S2/c1-11(9(13)14)7(6-16)8(12)10-4-2-3-5-15/h7,15-16H,2-6H2,1H3,(H,10,12)(H,13,14). The summed E-state index contributed by atoms with van der Waals surface area (Å²) in [7, 11) is 1.36. The minimum atomic E-state index is -1.13. The first-order valence-corrected chi connectivity index (χ1v) is 6.26. The van der Waals surface area contributed by atoms with E-state index in [4.69, 9.17) is 5.11 Å². The second-order valence-electron chi connectivity index (χ2n) is 3.31. The Bertz CT molecular complexity index is 239. The molecule has 2 amide bonds. The normalized spacial score (nSPS) is 11.9. The summed E-state index contributed by atoms with van der Waals surface area (Å²) in [5, 5.41) is 11.4. The van der Waals surface area contributed by atoms with Crippen molar-refractivity contribution in [3.63, 3.8) is 0 Å². The number of carbonyl (C=O) groups excluding carboxylic acids is 1. The van der Waals surface area contributed by atoms with Crippen molar-refractivity contribution in [2.24, 2.45) is 0 Å². The summed E-state index contributed by atoms with van der Waals surface area (Å²) < 4.78 is 0. The third-order valence-electron chi connectivity index (χ3n) is 2.13. The topological polar surface area (TPSA) is 69.6 Å². The van der Waals surface area contributed by atoms with Gasteiger partial charge in [-0.05, 0) is 18.6 Å². The van der Waals surface area contributed by atoms with Crippen molar-refractivity contribution in [3.05, 3.63) is 0 Å². The van der Waals surface area contributed by atoms with Gasteiger partial charge in [0.05, 0.1) is 0 Å². The summed E-state index contributed by atoms with van der Waals surface area (Å²) in [5.41, 5.74) is 0. The van der Waals surface area contributed by atoms with E-state index in [0.717, 1.165) is 23.5 Å². The van der Waals surface area contributed by atoms with Gasteiger partial charge in [0.25, 0.3) is 0 Å². The molecule has 0 saturated carbocycles. The molecular weight excluding hydrogens is 248 g/mol. The fourth-order valence-electron chi connectivity index (χ4n) is 1.08. The predicted molar refractivity (Wildman–Crippen MR) is 69.5 cm³/mol. The number of carbonyl (C=O) groups is 2. The van der Waals surface area contributed by atoms with Crippen LogP contribution >= 0.6 is 25.3 Å². The first kappa shape index (κ1) is 15.4. The molecule has 0 aromatic heterocycles. The Hall–Kier alpha value is -0.560. The van der Waals surface area contributed by atoms with Gasteiger partial charge in [-0.3, -0.25) is 9.69 Å². The minimum absolute atomic E-state index is 0.168. The minimum Gasteiger partial charge on any atom is -0.465 e. The van der Waals surface area contributed by atoms with E-state index in [1.807, 2.05) is 0 Å². The Morgan fingerprint density at radius 2 is 2.00 bits per heavy atom. The smallest absolute Gasteiger partial charge is 0.407 e. The van der Waals surface area contributed by atoms with Crippen molar-refractivity contribution < 1.29 is 14.7 Å². The van der Waals surface area contributed by atoms with Gasteiger partial charge in [0.1, 0.15) is 6.04 Å². The van der Waals surface area contributed by atoms with E-state index in [2.05, 4.69) is 30.6 Å². The van der Waals surface area contributed by atoms with Crippen LogP contribution in [0.3, 0.4) is 0 Å². The lowest BCUT2D eigenvalue weighted by Crippen LogP contribution is -2.48. The first-order valence-electron chi connectivity index (χ1n) is 4.99. The van der Waals surface area contributed by atoms with E-state index in [1.165, 1.54) is 7.05 Å². The van der Waals surface area contributed by atoms with Gasteiger partial charge in [-0.2, -0.15) is 25.3 Å². The van der Waals surface area contributed by atoms with E-state index in [9.17, 15) is 9.59 Å². The zero-order valence-electron chi connectivity index (χ0n) is 9.22. The van der Waals surface area contributed by atoms with E-state index in [1.54, 1.807) is 0 Å². The molecule has 5 nitrogen and oxygen atoms in total. The van der Waals surface area contributed by atoms with Gasteiger partial charge >= 0.3 is 6.09 Å². The number of nitrogens with one attached hydrogen (secondary N) is 1. The summed E-state index contributed by atoms with van der Waals surface area (Å²) in [5.74, 6) is 0.640. The van der Waals surface area contributed by atoms with Crippen molar-refractivity contribution in [1.29, 1.82) is 0 Å². The van der Waals surface area contributed by atoms with Crippen LogP contribution in [0.4, 0.5) is 4.79 Å². The number of thiol groups is 2. The number of likely N-dealkylation sites (N-methyl/N-ethyl adjacent to an activating group) is 1. The number of amides is 2. The maximum Gasteiger partial charge on any atom is 0.407 e. The molecule has 2 N–H and O–H groups in total.